The Labute approximate surface area is 190 Å². The molecule has 0 saturated carbocycles. The summed E-state index contributed by atoms with van der Waals surface area (Å²) in [6, 6.07) is 14.7. The zero-order chi connectivity index (χ0) is 22.5. The van der Waals surface area contributed by atoms with Crippen LogP contribution in [0.5, 0.6) is 5.75 Å². The Bertz CT molecular complexity index is 929. The summed E-state index contributed by atoms with van der Waals surface area (Å²) < 4.78 is 11.4. The van der Waals surface area contributed by atoms with Gasteiger partial charge in [0.25, 0.3) is 0 Å². The normalized spacial score (nSPS) is 20.2. The molecule has 0 aromatic heterocycles. The highest BCUT2D eigenvalue weighted by Crippen LogP contribution is 2.29. The molecular formula is C25H34N4O3. The van der Waals surface area contributed by atoms with E-state index in [4.69, 9.17) is 9.47 Å². The zero-order valence-electron chi connectivity index (χ0n) is 19.3. The number of carbonyl (C=O) groups is 1. The summed E-state index contributed by atoms with van der Waals surface area (Å²) in [5, 5.41) is 6.50. The first kappa shape index (κ1) is 22.4. The van der Waals surface area contributed by atoms with Gasteiger partial charge in [-0.2, -0.15) is 0 Å². The third-order valence-corrected chi connectivity index (χ3v) is 6.10. The van der Waals surface area contributed by atoms with Gasteiger partial charge in [0.1, 0.15) is 5.75 Å². The van der Waals surface area contributed by atoms with Gasteiger partial charge in [0.05, 0.1) is 25.9 Å². The number of rotatable bonds is 8. The van der Waals surface area contributed by atoms with Crippen LogP contribution in [0.25, 0.3) is 0 Å². The third kappa shape index (κ3) is 5.16. The van der Waals surface area contributed by atoms with Crippen LogP contribution < -0.4 is 20.3 Å². The van der Waals surface area contributed by atoms with Crippen molar-refractivity contribution in [3.8, 4) is 5.75 Å². The number of urea groups is 1. The Balaban J connectivity index is 1.50. The molecule has 0 aliphatic carbocycles. The minimum absolute atomic E-state index is 0.0398. The Hall–Kier alpha value is -2.77. The molecule has 2 aromatic carbocycles. The summed E-state index contributed by atoms with van der Waals surface area (Å²) >= 11 is 0. The van der Waals surface area contributed by atoms with Gasteiger partial charge in [-0.25, -0.2) is 4.79 Å². The Morgan fingerprint density at radius 2 is 2.03 bits per heavy atom. The zero-order valence-corrected chi connectivity index (χ0v) is 19.3. The van der Waals surface area contributed by atoms with E-state index < -0.39 is 0 Å². The van der Waals surface area contributed by atoms with E-state index in [1.54, 1.807) is 0 Å². The minimum Gasteiger partial charge on any atom is -0.494 e. The lowest BCUT2D eigenvalue weighted by Gasteiger charge is -2.28. The average Bonchev–Trinajstić information content (AvgIpc) is 3.14. The van der Waals surface area contributed by atoms with Gasteiger partial charge in [-0.15, -0.1) is 0 Å². The van der Waals surface area contributed by atoms with Crippen molar-refractivity contribution in [2.45, 2.75) is 39.4 Å². The maximum Gasteiger partial charge on any atom is 0.322 e. The number of anilines is 2. The fraction of sp³-hybridized carbons (Fsp3) is 0.480. The predicted molar refractivity (Wildman–Crippen MR) is 128 cm³/mol. The largest absolute Gasteiger partial charge is 0.494 e. The van der Waals surface area contributed by atoms with Crippen molar-refractivity contribution >= 4 is 17.4 Å². The molecule has 0 radical (unpaired) electrons. The Kier molecular flexibility index (Phi) is 7.17. The van der Waals surface area contributed by atoms with E-state index in [9.17, 15) is 4.79 Å². The molecule has 2 amide bonds. The lowest BCUT2D eigenvalue weighted by atomic mass is 10.0. The molecule has 2 heterocycles. The second kappa shape index (κ2) is 10.2. The summed E-state index contributed by atoms with van der Waals surface area (Å²) in [7, 11) is 0. The molecule has 2 aliphatic rings. The molecule has 4 rings (SSSR count). The molecule has 0 spiro atoms. The first-order valence-electron chi connectivity index (χ1n) is 11.5. The van der Waals surface area contributed by atoms with Gasteiger partial charge in [-0.1, -0.05) is 12.1 Å². The minimum atomic E-state index is -0.0398. The summed E-state index contributed by atoms with van der Waals surface area (Å²) in [6.45, 7) is 11.9. The highest BCUT2D eigenvalue weighted by molar-refractivity contribution is 5.95. The van der Waals surface area contributed by atoms with E-state index in [0.717, 1.165) is 50.0 Å². The van der Waals surface area contributed by atoms with Crippen LogP contribution in [0.2, 0.25) is 0 Å². The molecule has 2 fully saturated rings. The lowest BCUT2D eigenvalue weighted by molar-refractivity contribution is 0.0338. The number of carbonyl (C=O) groups excluding carboxylic acids is 1. The molecular weight excluding hydrogens is 404 g/mol. The van der Waals surface area contributed by atoms with Gasteiger partial charge in [-0.3, -0.25) is 9.80 Å². The number of hydrogen-bond donors (Lipinski definition) is 2. The average molecular weight is 439 g/mol. The topological polar surface area (TPSA) is 66.1 Å². The van der Waals surface area contributed by atoms with Crippen LogP contribution >= 0.6 is 0 Å². The number of nitrogens with one attached hydrogen (secondary N) is 2. The lowest BCUT2D eigenvalue weighted by Crippen LogP contribution is -2.35. The number of amides is 2. The molecule has 32 heavy (non-hydrogen) atoms. The maximum atomic E-state index is 12.2. The van der Waals surface area contributed by atoms with Gasteiger partial charge in [-0.05, 0) is 56.7 Å². The number of hydrogen-bond acceptors (Lipinski definition) is 5. The Morgan fingerprint density at radius 1 is 1.22 bits per heavy atom. The molecule has 2 aliphatic heterocycles. The predicted octanol–water partition coefficient (Wildman–Crippen LogP) is 4.01. The third-order valence-electron chi connectivity index (χ3n) is 6.10. The standard InChI is InChI=1S/C25H34N4O3/c1-4-32-24-9-8-20(14-21(24)17-28-10-12-31-13-11-28)19(3)27-22-6-5-7-23(15-22)29-18(2)16-26-25(29)30/h5-9,14-15,18-19,27H,4,10-13,16-17H2,1-3H3,(H,26,30). The maximum absolute atomic E-state index is 12.2. The van der Waals surface area contributed by atoms with E-state index in [1.807, 2.05) is 36.1 Å². The van der Waals surface area contributed by atoms with Gasteiger partial charge in [0.2, 0.25) is 0 Å². The van der Waals surface area contributed by atoms with Crippen molar-refractivity contribution in [1.29, 1.82) is 0 Å². The van der Waals surface area contributed by atoms with Gasteiger partial charge in [0.15, 0.2) is 0 Å². The van der Waals surface area contributed by atoms with Crippen molar-refractivity contribution in [2.75, 3.05) is 49.7 Å². The molecule has 2 unspecified atom stereocenters. The summed E-state index contributed by atoms with van der Waals surface area (Å²) in [5.74, 6) is 0.950. The molecule has 2 N–H and O–H groups in total. The quantitative estimate of drug-likeness (QED) is 0.652. The molecule has 7 nitrogen and oxygen atoms in total. The van der Waals surface area contributed by atoms with Gasteiger partial charge < -0.3 is 20.1 Å². The molecule has 172 valence electrons. The number of morpholine rings is 1. The molecule has 0 bridgehead atoms. The van der Waals surface area contributed by atoms with E-state index in [2.05, 4.69) is 47.6 Å². The number of ether oxygens (including phenoxy) is 2. The van der Waals surface area contributed by atoms with Crippen molar-refractivity contribution in [1.82, 2.24) is 10.2 Å². The van der Waals surface area contributed by atoms with Crippen LogP contribution in [-0.4, -0.2) is 56.4 Å². The summed E-state index contributed by atoms with van der Waals surface area (Å²) in [4.78, 5) is 16.4. The molecule has 2 atom stereocenters. The fourth-order valence-corrected chi connectivity index (χ4v) is 4.35. The van der Waals surface area contributed by atoms with Crippen LogP contribution in [0, 0.1) is 0 Å². The molecule has 2 saturated heterocycles. The van der Waals surface area contributed by atoms with Crippen molar-refractivity contribution in [3.63, 3.8) is 0 Å². The fourth-order valence-electron chi connectivity index (χ4n) is 4.35. The first-order valence-corrected chi connectivity index (χ1v) is 11.5. The second-order valence-electron chi connectivity index (χ2n) is 8.51. The Morgan fingerprint density at radius 3 is 2.75 bits per heavy atom. The van der Waals surface area contributed by atoms with Gasteiger partial charge in [0, 0.05) is 49.2 Å². The van der Waals surface area contributed by atoms with E-state index in [1.165, 1.54) is 11.1 Å². The van der Waals surface area contributed by atoms with Crippen LogP contribution in [0.3, 0.4) is 0 Å². The summed E-state index contributed by atoms with van der Waals surface area (Å²) in [5.41, 5.74) is 4.31. The highest BCUT2D eigenvalue weighted by atomic mass is 16.5. The van der Waals surface area contributed by atoms with Crippen LogP contribution in [-0.2, 0) is 11.3 Å². The summed E-state index contributed by atoms with van der Waals surface area (Å²) in [6.07, 6.45) is 0. The smallest absolute Gasteiger partial charge is 0.322 e. The number of nitrogens with zero attached hydrogens (tertiary/aromatic N) is 2. The SMILES string of the molecule is CCOc1ccc(C(C)Nc2cccc(N3C(=O)NCC3C)c2)cc1CN1CCOCC1. The van der Waals surface area contributed by atoms with Crippen molar-refractivity contribution in [3.05, 3.63) is 53.6 Å². The monoisotopic (exact) mass is 438 g/mol. The molecule has 2 aromatic rings. The van der Waals surface area contributed by atoms with Crippen LogP contribution in [0.15, 0.2) is 42.5 Å². The second-order valence-corrected chi connectivity index (χ2v) is 8.51. The molecule has 7 heteroatoms. The van der Waals surface area contributed by atoms with Gasteiger partial charge >= 0.3 is 6.03 Å². The number of benzene rings is 2. The highest BCUT2D eigenvalue weighted by Gasteiger charge is 2.28. The first-order chi connectivity index (χ1) is 15.5. The van der Waals surface area contributed by atoms with E-state index in [-0.39, 0.29) is 18.1 Å². The van der Waals surface area contributed by atoms with E-state index in [0.29, 0.717) is 13.2 Å². The van der Waals surface area contributed by atoms with Crippen molar-refractivity contribution in [2.24, 2.45) is 0 Å². The van der Waals surface area contributed by atoms with Crippen LogP contribution in [0.1, 0.15) is 37.9 Å². The van der Waals surface area contributed by atoms with E-state index >= 15 is 0 Å². The van der Waals surface area contributed by atoms with Crippen LogP contribution in [0.4, 0.5) is 16.2 Å². The van der Waals surface area contributed by atoms with Crippen molar-refractivity contribution < 1.29 is 14.3 Å².